The van der Waals surface area contributed by atoms with Crippen LogP contribution in [0.4, 0.5) is 0 Å². The fourth-order valence-corrected chi connectivity index (χ4v) is 3.36. The van der Waals surface area contributed by atoms with Crippen LogP contribution in [-0.4, -0.2) is 64.9 Å². The topological polar surface area (TPSA) is 97.9 Å². The largest absolute Gasteiger partial charge is 0.497 e. The van der Waals surface area contributed by atoms with Crippen molar-refractivity contribution in [3.05, 3.63) is 30.0 Å². The van der Waals surface area contributed by atoms with Gasteiger partial charge in [0.05, 0.1) is 13.7 Å². The van der Waals surface area contributed by atoms with Crippen LogP contribution in [0.2, 0.25) is 0 Å². The first-order valence-corrected chi connectivity index (χ1v) is 8.32. The molecule has 3 rings (SSSR count). The SMILES string of the molecule is COc1ccc2c(c1)cc(C(=O)N1CCN(C(C)=O)CC1C(N)=O)n2C. The normalized spacial score (nSPS) is 17.4. The Bertz CT molecular complexity index is 889. The molecule has 8 heteroatoms. The standard InChI is InChI=1S/C18H22N4O4/c1-11(23)21-6-7-22(16(10-21)17(19)24)18(25)15-9-12-8-13(26-3)4-5-14(12)20(15)2/h4-5,8-9,16H,6-7,10H2,1-3H3,(H2,19,24). The lowest BCUT2D eigenvalue weighted by Crippen LogP contribution is -2.60. The Balaban J connectivity index is 1.95. The van der Waals surface area contributed by atoms with E-state index in [1.807, 2.05) is 18.2 Å². The average Bonchev–Trinajstić information content (AvgIpc) is 2.96. The van der Waals surface area contributed by atoms with E-state index in [1.54, 1.807) is 24.8 Å². The molecule has 2 heterocycles. The van der Waals surface area contributed by atoms with Gasteiger partial charge in [0.25, 0.3) is 5.91 Å². The summed E-state index contributed by atoms with van der Waals surface area (Å²) >= 11 is 0. The minimum Gasteiger partial charge on any atom is -0.497 e. The third-order valence-electron chi connectivity index (χ3n) is 4.88. The number of carbonyl (C=O) groups is 3. The second kappa shape index (κ2) is 6.70. The minimum atomic E-state index is -0.840. The van der Waals surface area contributed by atoms with Crippen molar-refractivity contribution in [2.75, 3.05) is 26.7 Å². The summed E-state index contributed by atoms with van der Waals surface area (Å²) in [5, 5.41) is 0.869. The summed E-state index contributed by atoms with van der Waals surface area (Å²) in [4.78, 5) is 39.6. The number of rotatable bonds is 3. The van der Waals surface area contributed by atoms with E-state index < -0.39 is 11.9 Å². The number of piperazine rings is 1. The van der Waals surface area contributed by atoms with E-state index in [9.17, 15) is 14.4 Å². The highest BCUT2D eigenvalue weighted by molar-refractivity contribution is 6.01. The number of carbonyl (C=O) groups excluding carboxylic acids is 3. The zero-order valence-corrected chi connectivity index (χ0v) is 15.1. The van der Waals surface area contributed by atoms with Crippen LogP contribution >= 0.6 is 0 Å². The number of nitrogens with two attached hydrogens (primary N) is 1. The molecule has 26 heavy (non-hydrogen) atoms. The molecule has 0 radical (unpaired) electrons. The van der Waals surface area contributed by atoms with Gasteiger partial charge in [0.15, 0.2) is 0 Å². The van der Waals surface area contributed by atoms with Crippen LogP contribution in [0.15, 0.2) is 24.3 Å². The van der Waals surface area contributed by atoms with Gasteiger partial charge >= 0.3 is 0 Å². The van der Waals surface area contributed by atoms with Crippen LogP contribution in [-0.2, 0) is 16.6 Å². The Kier molecular flexibility index (Phi) is 4.58. The number of methoxy groups -OCH3 is 1. The molecule has 1 unspecified atom stereocenters. The highest BCUT2D eigenvalue weighted by Crippen LogP contribution is 2.25. The molecular formula is C18H22N4O4. The van der Waals surface area contributed by atoms with E-state index in [1.165, 1.54) is 16.7 Å². The number of aromatic nitrogens is 1. The van der Waals surface area contributed by atoms with Gasteiger partial charge in [0.2, 0.25) is 11.8 Å². The predicted octanol–water partition coefficient (Wildman–Crippen LogP) is 0.345. The minimum absolute atomic E-state index is 0.119. The maximum Gasteiger partial charge on any atom is 0.271 e. The highest BCUT2D eigenvalue weighted by atomic mass is 16.5. The summed E-state index contributed by atoms with van der Waals surface area (Å²) < 4.78 is 7.01. The van der Waals surface area contributed by atoms with Gasteiger partial charge in [-0.2, -0.15) is 0 Å². The van der Waals surface area contributed by atoms with Crippen molar-refractivity contribution in [2.45, 2.75) is 13.0 Å². The molecule has 1 aromatic heterocycles. The highest BCUT2D eigenvalue weighted by Gasteiger charge is 2.36. The number of nitrogens with zero attached hydrogens (tertiary/aromatic N) is 3. The molecule has 1 aliphatic rings. The monoisotopic (exact) mass is 358 g/mol. The molecule has 1 saturated heterocycles. The molecule has 1 atom stereocenters. The smallest absolute Gasteiger partial charge is 0.271 e. The first-order chi connectivity index (χ1) is 12.3. The Morgan fingerprint density at radius 2 is 1.92 bits per heavy atom. The third kappa shape index (κ3) is 2.98. The van der Waals surface area contributed by atoms with Crippen molar-refractivity contribution in [3.63, 3.8) is 0 Å². The van der Waals surface area contributed by atoms with Crippen molar-refractivity contribution in [1.29, 1.82) is 0 Å². The maximum absolute atomic E-state index is 13.1. The Labute approximate surface area is 151 Å². The molecule has 1 aliphatic heterocycles. The average molecular weight is 358 g/mol. The van der Waals surface area contributed by atoms with Crippen LogP contribution in [0.3, 0.4) is 0 Å². The van der Waals surface area contributed by atoms with Crippen LogP contribution in [0.5, 0.6) is 5.75 Å². The molecule has 1 aromatic carbocycles. The Morgan fingerprint density at radius 3 is 2.54 bits per heavy atom. The van der Waals surface area contributed by atoms with E-state index in [0.717, 1.165) is 10.9 Å². The summed E-state index contributed by atoms with van der Waals surface area (Å²) in [6.07, 6.45) is 0. The van der Waals surface area contributed by atoms with Gasteiger partial charge in [-0.1, -0.05) is 0 Å². The second-order valence-electron chi connectivity index (χ2n) is 6.40. The van der Waals surface area contributed by atoms with Crippen molar-refractivity contribution < 1.29 is 19.1 Å². The number of hydrogen-bond acceptors (Lipinski definition) is 4. The molecular weight excluding hydrogens is 336 g/mol. The van der Waals surface area contributed by atoms with E-state index in [0.29, 0.717) is 18.0 Å². The number of primary amides is 1. The van der Waals surface area contributed by atoms with Gasteiger partial charge in [-0.05, 0) is 24.3 Å². The molecule has 2 aromatic rings. The molecule has 0 spiro atoms. The summed E-state index contributed by atoms with van der Waals surface area (Å²) in [6.45, 7) is 2.19. The molecule has 1 fully saturated rings. The van der Waals surface area contributed by atoms with Gasteiger partial charge in [0, 0.05) is 38.0 Å². The van der Waals surface area contributed by atoms with E-state index in [-0.39, 0.29) is 24.9 Å². The fourth-order valence-electron chi connectivity index (χ4n) is 3.36. The quantitative estimate of drug-likeness (QED) is 0.856. The number of ether oxygens (including phenoxy) is 1. The van der Waals surface area contributed by atoms with E-state index in [2.05, 4.69) is 0 Å². The first-order valence-electron chi connectivity index (χ1n) is 8.32. The van der Waals surface area contributed by atoms with E-state index in [4.69, 9.17) is 10.5 Å². The summed E-state index contributed by atoms with van der Waals surface area (Å²) in [6, 6.07) is 6.49. The summed E-state index contributed by atoms with van der Waals surface area (Å²) in [7, 11) is 3.38. The zero-order valence-electron chi connectivity index (χ0n) is 15.1. The first kappa shape index (κ1) is 17.8. The molecule has 138 valence electrons. The lowest BCUT2D eigenvalue weighted by molar-refractivity contribution is -0.134. The number of hydrogen-bond donors (Lipinski definition) is 1. The van der Waals surface area contributed by atoms with Gasteiger partial charge in [-0.15, -0.1) is 0 Å². The van der Waals surface area contributed by atoms with Crippen molar-refractivity contribution in [1.82, 2.24) is 14.4 Å². The zero-order chi connectivity index (χ0) is 19.0. The molecule has 3 amide bonds. The number of amides is 3. The van der Waals surface area contributed by atoms with Gasteiger partial charge < -0.3 is 24.8 Å². The molecule has 0 aliphatic carbocycles. The van der Waals surface area contributed by atoms with Gasteiger partial charge in [-0.25, -0.2) is 0 Å². The maximum atomic E-state index is 13.1. The third-order valence-corrected chi connectivity index (χ3v) is 4.88. The summed E-state index contributed by atoms with van der Waals surface area (Å²) in [5.74, 6) is -0.341. The van der Waals surface area contributed by atoms with E-state index >= 15 is 0 Å². The predicted molar refractivity (Wildman–Crippen MR) is 95.7 cm³/mol. The molecule has 0 bridgehead atoms. The Hall–Kier alpha value is -3.03. The fraction of sp³-hybridized carbons (Fsp3) is 0.389. The molecule has 2 N–H and O–H groups in total. The number of benzene rings is 1. The van der Waals surface area contributed by atoms with Crippen LogP contribution < -0.4 is 10.5 Å². The van der Waals surface area contributed by atoms with Crippen molar-refractivity contribution in [3.8, 4) is 5.75 Å². The van der Waals surface area contributed by atoms with Crippen molar-refractivity contribution in [2.24, 2.45) is 12.8 Å². The second-order valence-corrected chi connectivity index (χ2v) is 6.40. The molecule has 8 nitrogen and oxygen atoms in total. The molecule has 0 saturated carbocycles. The van der Waals surface area contributed by atoms with Crippen LogP contribution in [0.1, 0.15) is 17.4 Å². The van der Waals surface area contributed by atoms with Crippen LogP contribution in [0.25, 0.3) is 10.9 Å². The Morgan fingerprint density at radius 1 is 1.19 bits per heavy atom. The van der Waals surface area contributed by atoms with Crippen molar-refractivity contribution >= 4 is 28.6 Å². The number of fused-ring (bicyclic) bond motifs is 1. The van der Waals surface area contributed by atoms with Gasteiger partial charge in [0.1, 0.15) is 17.5 Å². The number of aryl methyl sites for hydroxylation is 1. The van der Waals surface area contributed by atoms with Gasteiger partial charge in [-0.3, -0.25) is 14.4 Å². The lowest BCUT2D eigenvalue weighted by Gasteiger charge is -2.39. The van der Waals surface area contributed by atoms with Crippen LogP contribution in [0, 0.1) is 0 Å². The lowest BCUT2D eigenvalue weighted by atomic mass is 10.1. The summed E-state index contributed by atoms with van der Waals surface area (Å²) in [5.41, 5.74) is 6.83.